The topological polar surface area (TPSA) is 75.8 Å². The fraction of sp³-hybridized carbons (Fsp3) is 0.211. The molecular formula is C19H20N2O4S. The predicted octanol–water partition coefficient (Wildman–Crippen LogP) is 4.09. The summed E-state index contributed by atoms with van der Waals surface area (Å²) in [4.78, 5) is 5.43. The molecule has 0 aliphatic rings. The third-order valence-corrected chi connectivity index (χ3v) is 4.85. The molecule has 1 heterocycles. The number of nitrogens with zero attached hydrogens (tertiary/aromatic N) is 1. The van der Waals surface area contributed by atoms with Gasteiger partial charge in [-0.3, -0.25) is 0 Å². The lowest BCUT2D eigenvalue weighted by molar-refractivity contribution is 0.324. The van der Waals surface area contributed by atoms with Crippen LogP contribution < -0.4 is 24.7 Å². The number of hydrogen-bond donors (Lipinski definition) is 1. The molecule has 26 heavy (non-hydrogen) atoms. The highest BCUT2D eigenvalue weighted by atomic mass is 32.1. The normalized spacial score (nSPS) is 10.5. The Labute approximate surface area is 156 Å². The van der Waals surface area contributed by atoms with Crippen LogP contribution in [-0.4, -0.2) is 33.4 Å². The Morgan fingerprint density at radius 3 is 2.12 bits per heavy atom. The van der Waals surface area contributed by atoms with Crippen LogP contribution in [0.3, 0.4) is 0 Å². The highest BCUT2D eigenvalue weighted by Gasteiger charge is 2.19. The van der Waals surface area contributed by atoms with E-state index in [0.717, 1.165) is 27.4 Å². The first kappa shape index (κ1) is 17.9. The molecule has 0 aliphatic carbocycles. The largest absolute Gasteiger partial charge is 0.497 e. The van der Waals surface area contributed by atoms with E-state index in [1.54, 1.807) is 28.4 Å². The molecule has 2 N–H and O–H groups in total. The Hall–Kier alpha value is -2.93. The number of ether oxygens (including phenoxy) is 4. The van der Waals surface area contributed by atoms with Crippen molar-refractivity contribution in [3.63, 3.8) is 0 Å². The van der Waals surface area contributed by atoms with E-state index in [-0.39, 0.29) is 0 Å². The summed E-state index contributed by atoms with van der Waals surface area (Å²) >= 11 is 1.40. The van der Waals surface area contributed by atoms with Crippen LogP contribution in [0.1, 0.15) is 0 Å². The third-order valence-electron chi connectivity index (χ3n) is 3.91. The highest BCUT2D eigenvalue weighted by molar-refractivity contribution is 7.19. The minimum absolute atomic E-state index is 0.478. The summed E-state index contributed by atoms with van der Waals surface area (Å²) in [6.45, 7) is 0. The second-order valence-electron chi connectivity index (χ2n) is 5.38. The van der Waals surface area contributed by atoms with E-state index >= 15 is 0 Å². The van der Waals surface area contributed by atoms with E-state index in [1.165, 1.54) is 11.3 Å². The summed E-state index contributed by atoms with van der Waals surface area (Å²) in [5.74, 6) is 2.44. The lowest BCUT2D eigenvalue weighted by Crippen LogP contribution is -1.95. The van der Waals surface area contributed by atoms with E-state index in [4.69, 9.17) is 24.7 Å². The zero-order valence-corrected chi connectivity index (χ0v) is 15.8. The van der Waals surface area contributed by atoms with Gasteiger partial charge in [-0.05, 0) is 24.3 Å². The number of aromatic nitrogens is 1. The van der Waals surface area contributed by atoms with Gasteiger partial charge < -0.3 is 24.7 Å². The van der Waals surface area contributed by atoms with Crippen LogP contribution >= 0.6 is 11.3 Å². The van der Waals surface area contributed by atoms with Gasteiger partial charge in [0.05, 0.1) is 39.0 Å². The molecule has 0 unspecified atom stereocenters. The molecule has 1 aromatic heterocycles. The maximum absolute atomic E-state index is 6.01. The van der Waals surface area contributed by atoms with Gasteiger partial charge in [0, 0.05) is 11.1 Å². The van der Waals surface area contributed by atoms with Gasteiger partial charge in [0.2, 0.25) is 5.75 Å². The van der Waals surface area contributed by atoms with Crippen molar-refractivity contribution in [1.29, 1.82) is 0 Å². The van der Waals surface area contributed by atoms with E-state index in [1.807, 2.05) is 36.4 Å². The van der Waals surface area contributed by atoms with Crippen molar-refractivity contribution in [2.45, 2.75) is 0 Å². The van der Waals surface area contributed by atoms with Gasteiger partial charge in [-0.2, -0.15) is 0 Å². The van der Waals surface area contributed by atoms with Crippen molar-refractivity contribution in [3.8, 4) is 44.7 Å². The third kappa shape index (κ3) is 3.25. The zero-order chi connectivity index (χ0) is 18.7. The van der Waals surface area contributed by atoms with Gasteiger partial charge in [-0.25, -0.2) is 4.98 Å². The highest BCUT2D eigenvalue weighted by Crippen LogP contribution is 2.45. The van der Waals surface area contributed by atoms with Crippen LogP contribution in [0, 0.1) is 0 Å². The van der Waals surface area contributed by atoms with Gasteiger partial charge >= 0.3 is 0 Å². The molecule has 2 aromatic carbocycles. The Balaban J connectivity index is 2.19. The lowest BCUT2D eigenvalue weighted by Gasteiger charge is -2.14. The smallest absolute Gasteiger partial charge is 0.203 e. The standard InChI is InChI=1S/C19H20N2O4S/c1-22-13-7-5-6-11(8-13)16-18(26-19(20)21-16)12-9-14(23-2)17(25-4)15(10-12)24-3/h5-10H,1-4H3,(H2,20,21). The van der Waals surface area contributed by atoms with Crippen LogP contribution in [0.15, 0.2) is 36.4 Å². The second-order valence-corrected chi connectivity index (χ2v) is 6.41. The lowest BCUT2D eigenvalue weighted by atomic mass is 10.1. The Morgan fingerprint density at radius 1 is 0.846 bits per heavy atom. The maximum Gasteiger partial charge on any atom is 0.203 e. The van der Waals surface area contributed by atoms with Crippen molar-refractivity contribution in [3.05, 3.63) is 36.4 Å². The summed E-state index contributed by atoms with van der Waals surface area (Å²) in [6.07, 6.45) is 0. The molecule has 3 aromatic rings. The van der Waals surface area contributed by atoms with Crippen LogP contribution in [0.4, 0.5) is 5.13 Å². The molecule has 3 rings (SSSR count). The average Bonchev–Trinajstić information content (AvgIpc) is 3.08. The summed E-state index contributed by atoms with van der Waals surface area (Å²) in [5.41, 5.74) is 8.59. The van der Waals surface area contributed by atoms with Crippen molar-refractivity contribution in [2.75, 3.05) is 34.2 Å². The van der Waals surface area contributed by atoms with Crippen LogP contribution in [0.25, 0.3) is 21.7 Å². The van der Waals surface area contributed by atoms with E-state index in [2.05, 4.69) is 4.98 Å². The van der Waals surface area contributed by atoms with E-state index in [0.29, 0.717) is 22.4 Å². The molecule has 0 fully saturated rings. The quantitative estimate of drug-likeness (QED) is 0.702. The summed E-state index contributed by atoms with van der Waals surface area (Å²) in [7, 11) is 6.39. The Morgan fingerprint density at radius 2 is 1.54 bits per heavy atom. The van der Waals surface area contributed by atoms with E-state index < -0.39 is 0 Å². The molecule has 6 nitrogen and oxygen atoms in total. The molecular weight excluding hydrogens is 352 g/mol. The SMILES string of the molecule is COc1cccc(-c2nc(N)sc2-c2cc(OC)c(OC)c(OC)c2)c1. The molecule has 136 valence electrons. The number of methoxy groups -OCH3 is 4. The Bertz CT molecular complexity index is 899. The van der Waals surface area contributed by atoms with Crippen molar-refractivity contribution in [1.82, 2.24) is 4.98 Å². The minimum atomic E-state index is 0.478. The first-order valence-electron chi connectivity index (χ1n) is 7.82. The number of benzene rings is 2. The molecule has 0 saturated heterocycles. The van der Waals surface area contributed by atoms with E-state index in [9.17, 15) is 0 Å². The number of nitrogen functional groups attached to an aromatic ring is 1. The van der Waals surface area contributed by atoms with Gasteiger partial charge in [-0.1, -0.05) is 23.5 Å². The minimum Gasteiger partial charge on any atom is -0.497 e. The fourth-order valence-corrected chi connectivity index (χ4v) is 3.55. The fourth-order valence-electron chi connectivity index (χ4n) is 2.71. The van der Waals surface area contributed by atoms with Gasteiger partial charge in [0.1, 0.15) is 5.75 Å². The summed E-state index contributed by atoms with van der Waals surface area (Å²) in [5, 5.41) is 0.478. The summed E-state index contributed by atoms with van der Waals surface area (Å²) in [6, 6.07) is 11.5. The molecule has 0 amide bonds. The zero-order valence-electron chi connectivity index (χ0n) is 15.0. The first-order chi connectivity index (χ1) is 12.6. The number of thiazole rings is 1. The predicted molar refractivity (Wildman–Crippen MR) is 104 cm³/mol. The number of hydrogen-bond acceptors (Lipinski definition) is 7. The number of rotatable bonds is 6. The number of anilines is 1. The molecule has 0 bridgehead atoms. The maximum atomic E-state index is 6.01. The monoisotopic (exact) mass is 372 g/mol. The second kappa shape index (κ2) is 7.53. The molecule has 0 radical (unpaired) electrons. The van der Waals surface area contributed by atoms with Crippen LogP contribution in [-0.2, 0) is 0 Å². The summed E-state index contributed by atoms with van der Waals surface area (Å²) < 4.78 is 21.6. The molecule has 0 atom stereocenters. The number of nitrogens with two attached hydrogens (primary N) is 1. The van der Waals surface area contributed by atoms with Crippen LogP contribution in [0.2, 0.25) is 0 Å². The molecule has 7 heteroatoms. The first-order valence-corrected chi connectivity index (χ1v) is 8.64. The van der Waals surface area contributed by atoms with Gasteiger partial charge in [0.15, 0.2) is 16.6 Å². The van der Waals surface area contributed by atoms with Gasteiger partial charge in [0.25, 0.3) is 0 Å². The van der Waals surface area contributed by atoms with Gasteiger partial charge in [-0.15, -0.1) is 0 Å². The van der Waals surface area contributed by atoms with Crippen LogP contribution in [0.5, 0.6) is 23.0 Å². The Kier molecular flexibility index (Phi) is 5.18. The van der Waals surface area contributed by atoms with Crippen molar-refractivity contribution >= 4 is 16.5 Å². The molecule has 0 aliphatic heterocycles. The average molecular weight is 372 g/mol. The van der Waals surface area contributed by atoms with Crippen molar-refractivity contribution < 1.29 is 18.9 Å². The molecule has 0 saturated carbocycles. The molecule has 0 spiro atoms. The van der Waals surface area contributed by atoms with Crippen molar-refractivity contribution in [2.24, 2.45) is 0 Å².